The molecule has 0 spiro atoms. The molecule has 102 valence electrons. The Hall–Kier alpha value is -1.61. The lowest BCUT2D eigenvalue weighted by Crippen LogP contribution is -1.98. The van der Waals surface area contributed by atoms with E-state index in [-0.39, 0.29) is 11.3 Å². The van der Waals surface area contributed by atoms with Gasteiger partial charge in [-0.2, -0.15) is 0 Å². The van der Waals surface area contributed by atoms with Gasteiger partial charge in [0, 0.05) is 14.5 Å². The summed E-state index contributed by atoms with van der Waals surface area (Å²) in [6.07, 6.45) is 0. The predicted molar refractivity (Wildman–Crippen MR) is 83.3 cm³/mol. The zero-order chi connectivity index (χ0) is 14.7. The van der Waals surface area contributed by atoms with Gasteiger partial charge in [-0.3, -0.25) is 10.1 Å². The Balaban J connectivity index is 2.45. The van der Waals surface area contributed by atoms with E-state index < -0.39 is 10.9 Å². The minimum atomic E-state index is -1.05. The smallest absolute Gasteiger partial charge is 0.336 e. The summed E-state index contributed by atoms with van der Waals surface area (Å²) >= 11 is 3.08. The van der Waals surface area contributed by atoms with Crippen LogP contribution in [-0.4, -0.2) is 16.0 Å². The van der Waals surface area contributed by atoms with Crippen LogP contribution < -0.4 is 0 Å². The first-order valence-electron chi connectivity index (χ1n) is 5.43. The average Bonchev–Trinajstić information content (AvgIpc) is 2.41. The Bertz CT molecular complexity index is 690. The molecule has 0 fully saturated rings. The summed E-state index contributed by atoms with van der Waals surface area (Å²) in [5, 5.41) is 20.2. The Morgan fingerprint density at radius 2 is 1.90 bits per heavy atom. The second-order valence-corrected chi connectivity index (χ2v) is 6.10. The van der Waals surface area contributed by atoms with Crippen LogP contribution in [0.4, 0.5) is 5.69 Å². The van der Waals surface area contributed by atoms with Gasteiger partial charge in [0.05, 0.1) is 15.4 Å². The first kappa shape index (κ1) is 14.8. The largest absolute Gasteiger partial charge is 0.478 e. The maximum atomic E-state index is 11.1. The van der Waals surface area contributed by atoms with Crippen molar-refractivity contribution in [1.82, 2.24) is 0 Å². The quantitative estimate of drug-likeness (QED) is 0.475. The van der Waals surface area contributed by atoms with Gasteiger partial charge >= 0.3 is 5.97 Å². The van der Waals surface area contributed by atoms with E-state index in [1.807, 2.05) is 22.6 Å². The topological polar surface area (TPSA) is 80.4 Å². The van der Waals surface area contributed by atoms with E-state index in [1.54, 1.807) is 30.3 Å². The lowest BCUT2D eigenvalue weighted by molar-refractivity contribution is -0.387. The van der Waals surface area contributed by atoms with E-state index in [0.717, 1.165) is 15.3 Å². The molecule has 0 unspecified atom stereocenters. The van der Waals surface area contributed by atoms with Gasteiger partial charge in [0.2, 0.25) is 0 Å². The summed E-state index contributed by atoms with van der Waals surface area (Å²) < 4.78 is 0.755. The summed E-state index contributed by atoms with van der Waals surface area (Å²) in [4.78, 5) is 22.6. The fourth-order valence-corrected chi connectivity index (χ4v) is 3.07. The van der Waals surface area contributed by atoms with Crippen LogP contribution in [0.3, 0.4) is 0 Å². The third kappa shape index (κ3) is 3.28. The Morgan fingerprint density at radius 3 is 2.55 bits per heavy atom. The number of nitrogens with zero attached hydrogens (tertiary/aromatic N) is 1. The van der Waals surface area contributed by atoms with E-state index in [2.05, 4.69) is 0 Å². The van der Waals surface area contributed by atoms with E-state index in [9.17, 15) is 14.9 Å². The minimum absolute atomic E-state index is 0.0258. The molecule has 0 heterocycles. The summed E-state index contributed by atoms with van der Waals surface area (Å²) in [5.41, 5.74) is 0.104. The molecule has 0 amide bonds. The Morgan fingerprint density at radius 1 is 1.20 bits per heavy atom. The Kier molecular flexibility index (Phi) is 4.61. The van der Waals surface area contributed by atoms with Crippen molar-refractivity contribution in [3.05, 3.63) is 61.7 Å². The van der Waals surface area contributed by atoms with Crippen molar-refractivity contribution in [3.8, 4) is 0 Å². The van der Waals surface area contributed by atoms with Gasteiger partial charge in [-0.25, -0.2) is 4.79 Å². The van der Waals surface area contributed by atoms with E-state index in [0.29, 0.717) is 9.79 Å². The van der Waals surface area contributed by atoms with Gasteiger partial charge in [0.15, 0.2) is 0 Å². The van der Waals surface area contributed by atoms with Gasteiger partial charge < -0.3 is 5.11 Å². The number of hydrogen-bond donors (Lipinski definition) is 1. The van der Waals surface area contributed by atoms with Crippen molar-refractivity contribution in [1.29, 1.82) is 0 Å². The van der Waals surface area contributed by atoms with Crippen molar-refractivity contribution in [3.63, 3.8) is 0 Å². The van der Waals surface area contributed by atoms with E-state index in [4.69, 9.17) is 5.11 Å². The van der Waals surface area contributed by atoms with Crippen LogP contribution in [0.2, 0.25) is 0 Å². The number of carboxylic acids is 1. The van der Waals surface area contributed by atoms with Crippen molar-refractivity contribution >= 4 is 46.0 Å². The molecule has 0 aromatic heterocycles. The number of benzene rings is 2. The first-order chi connectivity index (χ1) is 9.49. The highest BCUT2D eigenvalue weighted by Gasteiger charge is 2.18. The molecule has 0 aliphatic rings. The predicted octanol–water partition coefficient (Wildman–Crippen LogP) is 4.05. The molecule has 2 aromatic carbocycles. The minimum Gasteiger partial charge on any atom is -0.478 e. The number of nitro benzene ring substituents is 1. The standard InChI is InChI=1S/C13H8INO4S/c14-8-5-6-12(10(7-8)15(18)19)20-11-4-2-1-3-9(11)13(16)17/h1-7H,(H,16,17). The molecule has 0 saturated heterocycles. The third-order valence-electron chi connectivity index (χ3n) is 2.46. The van der Waals surface area contributed by atoms with Crippen LogP contribution in [0.5, 0.6) is 0 Å². The number of nitro groups is 1. The number of halogens is 1. The van der Waals surface area contributed by atoms with Gasteiger partial charge in [-0.05, 0) is 46.9 Å². The molecule has 0 radical (unpaired) electrons. The molecule has 0 aliphatic carbocycles. The number of rotatable bonds is 4. The number of carboxylic acid groups (broad SMARTS) is 1. The molecular weight excluding hydrogens is 393 g/mol. The second kappa shape index (κ2) is 6.23. The van der Waals surface area contributed by atoms with Crippen LogP contribution in [0.15, 0.2) is 52.3 Å². The highest BCUT2D eigenvalue weighted by molar-refractivity contribution is 14.1. The molecule has 0 aliphatic heterocycles. The van der Waals surface area contributed by atoms with Crippen LogP contribution in [0.1, 0.15) is 10.4 Å². The van der Waals surface area contributed by atoms with Crippen LogP contribution in [0, 0.1) is 13.7 Å². The average molecular weight is 401 g/mol. The first-order valence-corrected chi connectivity index (χ1v) is 7.32. The van der Waals surface area contributed by atoms with Crippen molar-refractivity contribution in [2.75, 3.05) is 0 Å². The van der Waals surface area contributed by atoms with Crippen LogP contribution in [-0.2, 0) is 0 Å². The summed E-state index contributed by atoms with van der Waals surface area (Å²) in [6, 6.07) is 11.3. The molecular formula is C13H8INO4S. The summed E-state index contributed by atoms with van der Waals surface area (Å²) in [6.45, 7) is 0. The lowest BCUT2D eigenvalue weighted by Gasteiger charge is -2.06. The number of carbonyl (C=O) groups is 1. The summed E-state index contributed by atoms with van der Waals surface area (Å²) in [5.74, 6) is -1.05. The lowest BCUT2D eigenvalue weighted by atomic mass is 10.2. The molecule has 1 N–H and O–H groups in total. The molecule has 2 aromatic rings. The molecule has 5 nitrogen and oxygen atoms in total. The zero-order valence-electron chi connectivity index (χ0n) is 9.95. The molecule has 20 heavy (non-hydrogen) atoms. The van der Waals surface area contributed by atoms with Crippen LogP contribution >= 0.6 is 34.4 Å². The SMILES string of the molecule is O=C(O)c1ccccc1Sc1ccc(I)cc1[N+](=O)[O-]. The maximum absolute atomic E-state index is 11.1. The molecule has 0 bridgehead atoms. The van der Waals surface area contributed by atoms with Gasteiger partial charge in [0.25, 0.3) is 5.69 Å². The van der Waals surface area contributed by atoms with Crippen molar-refractivity contribution < 1.29 is 14.8 Å². The maximum Gasteiger partial charge on any atom is 0.336 e. The number of aromatic carboxylic acids is 1. The molecule has 0 atom stereocenters. The fourth-order valence-electron chi connectivity index (χ4n) is 1.57. The highest BCUT2D eigenvalue weighted by Crippen LogP contribution is 2.37. The summed E-state index contributed by atoms with van der Waals surface area (Å²) in [7, 11) is 0. The third-order valence-corrected chi connectivity index (χ3v) is 4.27. The molecule has 7 heteroatoms. The van der Waals surface area contributed by atoms with Crippen molar-refractivity contribution in [2.24, 2.45) is 0 Å². The van der Waals surface area contributed by atoms with E-state index >= 15 is 0 Å². The van der Waals surface area contributed by atoms with Gasteiger partial charge in [0.1, 0.15) is 0 Å². The number of hydrogen-bond acceptors (Lipinski definition) is 4. The second-order valence-electron chi connectivity index (χ2n) is 3.77. The van der Waals surface area contributed by atoms with Gasteiger partial charge in [-0.1, -0.05) is 23.9 Å². The fraction of sp³-hybridized carbons (Fsp3) is 0. The zero-order valence-corrected chi connectivity index (χ0v) is 12.9. The molecule has 0 saturated carbocycles. The van der Waals surface area contributed by atoms with Crippen molar-refractivity contribution in [2.45, 2.75) is 9.79 Å². The highest BCUT2D eigenvalue weighted by atomic mass is 127. The van der Waals surface area contributed by atoms with E-state index in [1.165, 1.54) is 12.1 Å². The monoisotopic (exact) mass is 401 g/mol. The van der Waals surface area contributed by atoms with Gasteiger partial charge in [-0.15, -0.1) is 0 Å². The molecule has 2 rings (SSSR count). The van der Waals surface area contributed by atoms with Crippen LogP contribution in [0.25, 0.3) is 0 Å². The normalized spacial score (nSPS) is 10.2. The Labute approximate surface area is 132 Å².